The molecule has 2 atom stereocenters. The molecule has 0 saturated carbocycles. The number of carbonyl (C=O) groups is 1. The Balaban J connectivity index is 2.11. The van der Waals surface area contributed by atoms with Crippen molar-refractivity contribution in [1.29, 1.82) is 0 Å². The molecule has 3 aromatic rings. The summed E-state index contributed by atoms with van der Waals surface area (Å²) < 4.78 is 10.6. The van der Waals surface area contributed by atoms with Crippen molar-refractivity contribution in [3.8, 4) is 11.5 Å². The third kappa shape index (κ3) is 1.66. The molecule has 4 rings (SSSR count). The van der Waals surface area contributed by atoms with E-state index < -0.39 is 24.1 Å². The van der Waals surface area contributed by atoms with E-state index in [4.69, 9.17) is 14.3 Å². The van der Waals surface area contributed by atoms with Crippen molar-refractivity contribution in [2.45, 2.75) is 12.4 Å². The Hall–Kier alpha value is -2.77. The fraction of sp³-hybridized carbons (Fsp3) is 0.133. The minimum Gasteiger partial charge on any atom is -0.508 e. The molecule has 7 nitrogen and oxygen atoms in total. The molecular weight excluding hydrogens is 292 g/mol. The number of aromatic carboxylic acids is 1. The summed E-state index contributed by atoms with van der Waals surface area (Å²) in [6.45, 7) is 0. The molecule has 1 aliphatic rings. The lowest BCUT2D eigenvalue weighted by Gasteiger charge is -2.01. The van der Waals surface area contributed by atoms with Gasteiger partial charge in [-0.25, -0.2) is 4.79 Å². The Kier molecular flexibility index (Phi) is 2.42. The Morgan fingerprint density at radius 1 is 1.18 bits per heavy atom. The highest BCUT2D eigenvalue weighted by atomic mass is 16.7. The average molecular weight is 302 g/mol. The van der Waals surface area contributed by atoms with E-state index in [0.29, 0.717) is 16.5 Å². The zero-order chi connectivity index (χ0) is 15.6. The molecule has 0 aliphatic carbocycles. The number of rotatable bonds is 2. The lowest BCUT2D eigenvalue weighted by molar-refractivity contribution is 0.0694. The number of ether oxygens (including phenoxy) is 1. The van der Waals surface area contributed by atoms with Gasteiger partial charge in [-0.3, -0.25) is 0 Å². The molecular formula is C15H10O7. The molecule has 1 fully saturated rings. The number of aliphatic hydroxyl groups is 1. The summed E-state index contributed by atoms with van der Waals surface area (Å²) in [4.78, 5) is 11.1. The highest BCUT2D eigenvalue weighted by molar-refractivity contribution is 6.12. The molecule has 0 amide bonds. The van der Waals surface area contributed by atoms with E-state index in [1.54, 1.807) is 0 Å². The van der Waals surface area contributed by atoms with Gasteiger partial charge < -0.3 is 29.6 Å². The minimum atomic E-state index is -1.27. The van der Waals surface area contributed by atoms with Crippen LogP contribution in [0.1, 0.15) is 22.0 Å². The second kappa shape index (κ2) is 4.12. The highest BCUT2D eigenvalue weighted by Gasteiger charge is 2.41. The van der Waals surface area contributed by atoms with Crippen molar-refractivity contribution in [3.63, 3.8) is 0 Å². The second-order valence-corrected chi connectivity index (χ2v) is 5.10. The number of furan rings is 1. The van der Waals surface area contributed by atoms with Gasteiger partial charge in [0.15, 0.2) is 6.29 Å². The lowest BCUT2D eigenvalue weighted by Crippen LogP contribution is -1.96. The summed E-state index contributed by atoms with van der Waals surface area (Å²) in [7, 11) is 0. The van der Waals surface area contributed by atoms with Crippen LogP contribution in [0, 0.1) is 0 Å². The number of aliphatic hydroxyl groups excluding tert-OH is 1. The molecule has 22 heavy (non-hydrogen) atoms. The van der Waals surface area contributed by atoms with Gasteiger partial charge in [0.25, 0.3) is 0 Å². The number of fused-ring (bicyclic) bond motifs is 3. The van der Waals surface area contributed by atoms with E-state index in [0.717, 1.165) is 0 Å². The van der Waals surface area contributed by atoms with Gasteiger partial charge in [0.05, 0.1) is 5.39 Å². The second-order valence-electron chi connectivity index (χ2n) is 5.10. The summed E-state index contributed by atoms with van der Waals surface area (Å²) in [5.41, 5.74) is 0.782. The summed E-state index contributed by atoms with van der Waals surface area (Å²) >= 11 is 0. The normalized spacial score (nSPS) is 20.6. The van der Waals surface area contributed by atoms with Crippen molar-refractivity contribution in [2.24, 2.45) is 0 Å². The van der Waals surface area contributed by atoms with E-state index in [-0.39, 0.29) is 22.3 Å². The molecule has 0 radical (unpaired) electrons. The van der Waals surface area contributed by atoms with Gasteiger partial charge >= 0.3 is 5.97 Å². The van der Waals surface area contributed by atoms with Crippen molar-refractivity contribution in [2.75, 3.05) is 0 Å². The third-order valence-corrected chi connectivity index (χ3v) is 3.73. The molecule has 2 aromatic carbocycles. The van der Waals surface area contributed by atoms with Crippen LogP contribution in [-0.4, -0.2) is 32.7 Å². The molecule has 112 valence electrons. The van der Waals surface area contributed by atoms with E-state index in [2.05, 4.69) is 0 Å². The number of phenols is 2. The van der Waals surface area contributed by atoms with Crippen molar-refractivity contribution < 1.29 is 34.4 Å². The molecule has 2 unspecified atom stereocenters. The number of aromatic hydroxyl groups is 2. The fourth-order valence-electron chi connectivity index (χ4n) is 2.68. The van der Waals surface area contributed by atoms with Crippen LogP contribution in [0.4, 0.5) is 0 Å². The summed E-state index contributed by atoms with van der Waals surface area (Å²) in [5.74, 6) is -1.80. The number of epoxide rings is 1. The number of carboxylic acid groups (broad SMARTS) is 1. The van der Waals surface area contributed by atoms with E-state index >= 15 is 0 Å². The first-order chi connectivity index (χ1) is 10.5. The SMILES string of the molecule is O=C(O)c1ccc2oc3c(C4OC4O)cc(O)cc3c2c1O. The van der Waals surface area contributed by atoms with Gasteiger partial charge in [0.2, 0.25) is 0 Å². The lowest BCUT2D eigenvalue weighted by atomic mass is 10.0. The van der Waals surface area contributed by atoms with Crippen molar-refractivity contribution >= 4 is 27.9 Å². The summed E-state index contributed by atoms with van der Waals surface area (Å²) in [6.07, 6.45) is -1.59. The van der Waals surface area contributed by atoms with Gasteiger partial charge in [0, 0.05) is 10.9 Å². The number of hydrogen-bond acceptors (Lipinski definition) is 6. The average Bonchev–Trinajstić information content (AvgIpc) is 3.05. The van der Waals surface area contributed by atoms with Gasteiger partial charge in [-0.1, -0.05) is 0 Å². The quantitative estimate of drug-likeness (QED) is 0.534. The number of phenolic OH excluding ortho intramolecular Hbond substituents is 1. The number of benzene rings is 2. The van der Waals surface area contributed by atoms with Gasteiger partial charge in [-0.05, 0) is 24.3 Å². The van der Waals surface area contributed by atoms with Crippen LogP contribution < -0.4 is 0 Å². The highest BCUT2D eigenvalue weighted by Crippen LogP contribution is 2.46. The maximum Gasteiger partial charge on any atom is 0.339 e. The largest absolute Gasteiger partial charge is 0.508 e. The van der Waals surface area contributed by atoms with Crippen LogP contribution in [0.5, 0.6) is 11.5 Å². The Morgan fingerprint density at radius 2 is 1.91 bits per heavy atom. The van der Waals surface area contributed by atoms with E-state index in [1.165, 1.54) is 24.3 Å². The smallest absolute Gasteiger partial charge is 0.339 e. The summed E-state index contributed by atoms with van der Waals surface area (Å²) in [6, 6.07) is 5.44. The zero-order valence-electron chi connectivity index (χ0n) is 11.0. The van der Waals surface area contributed by atoms with E-state index in [1.807, 2.05) is 0 Å². The van der Waals surface area contributed by atoms with Gasteiger partial charge in [-0.2, -0.15) is 0 Å². The third-order valence-electron chi connectivity index (χ3n) is 3.73. The molecule has 1 saturated heterocycles. The molecule has 1 aliphatic heterocycles. The van der Waals surface area contributed by atoms with Crippen molar-refractivity contribution in [1.82, 2.24) is 0 Å². The van der Waals surface area contributed by atoms with Crippen LogP contribution in [0.15, 0.2) is 28.7 Å². The van der Waals surface area contributed by atoms with Crippen LogP contribution in [0.2, 0.25) is 0 Å². The van der Waals surface area contributed by atoms with Crippen molar-refractivity contribution in [3.05, 3.63) is 35.4 Å². The number of carboxylic acids is 1. The molecule has 1 aromatic heterocycles. The van der Waals surface area contributed by atoms with Crippen LogP contribution in [-0.2, 0) is 4.74 Å². The molecule has 0 spiro atoms. The maximum absolute atomic E-state index is 11.1. The first kappa shape index (κ1) is 12.9. The monoisotopic (exact) mass is 302 g/mol. The first-order valence-electron chi connectivity index (χ1n) is 6.45. The van der Waals surface area contributed by atoms with Gasteiger partial charge in [-0.15, -0.1) is 0 Å². The molecule has 2 heterocycles. The topological polar surface area (TPSA) is 124 Å². The molecule has 0 bridgehead atoms. The van der Waals surface area contributed by atoms with E-state index in [9.17, 15) is 20.1 Å². The summed E-state index contributed by atoms with van der Waals surface area (Å²) in [5, 5.41) is 39.1. The Labute approximate surface area is 122 Å². The maximum atomic E-state index is 11.1. The van der Waals surface area contributed by atoms with Crippen LogP contribution in [0.25, 0.3) is 21.9 Å². The number of hydrogen-bond donors (Lipinski definition) is 4. The zero-order valence-corrected chi connectivity index (χ0v) is 11.0. The Bertz CT molecular complexity index is 940. The van der Waals surface area contributed by atoms with Crippen LogP contribution in [0.3, 0.4) is 0 Å². The van der Waals surface area contributed by atoms with Gasteiger partial charge in [0.1, 0.15) is 34.3 Å². The first-order valence-corrected chi connectivity index (χ1v) is 6.45. The van der Waals surface area contributed by atoms with Crippen LogP contribution >= 0.6 is 0 Å². The predicted molar refractivity (Wildman–Crippen MR) is 73.8 cm³/mol. The fourth-order valence-corrected chi connectivity index (χ4v) is 2.68. The Morgan fingerprint density at radius 3 is 2.55 bits per heavy atom. The molecule has 4 N–H and O–H groups in total. The minimum absolute atomic E-state index is 0.104. The predicted octanol–water partition coefficient (Wildman–Crippen LogP) is 2.09. The molecule has 7 heteroatoms. The standard InChI is InChI=1S/C15H10O7/c16-5-3-7-10-9(2-1-6(11(10)17)14(18)19)21-12(7)8(4-5)13-15(20)22-13/h1-4,13,15-17,20H,(H,18,19).